The van der Waals surface area contributed by atoms with Crippen LogP contribution in [0.25, 0.3) is 0 Å². The first-order valence-corrected chi connectivity index (χ1v) is 6.22. The van der Waals surface area contributed by atoms with Gasteiger partial charge >= 0.3 is 0 Å². The van der Waals surface area contributed by atoms with Crippen LogP contribution in [0.4, 0.5) is 0 Å². The van der Waals surface area contributed by atoms with E-state index >= 15 is 0 Å². The highest BCUT2D eigenvalue weighted by molar-refractivity contribution is 6.26. The number of imide groups is 2. The van der Waals surface area contributed by atoms with Crippen molar-refractivity contribution in [2.45, 2.75) is 31.7 Å². The Bertz CT molecular complexity index is 541. The maximum absolute atomic E-state index is 12.2. The van der Waals surface area contributed by atoms with Crippen molar-refractivity contribution < 1.29 is 19.2 Å². The number of piperidine rings is 1. The minimum atomic E-state index is -0.870. The predicted octanol–water partition coefficient (Wildman–Crippen LogP) is -0.193. The zero-order chi connectivity index (χ0) is 13.6. The Hall–Kier alpha value is -2.24. The molecule has 0 radical (unpaired) electrons. The first-order chi connectivity index (χ1) is 9.09. The number of fused-ring (bicyclic) bond motifs is 1. The van der Waals surface area contributed by atoms with Crippen LogP contribution in [0, 0.1) is 0 Å². The van der Waals surface area contributed by atoms with Crippen LogP contribution >= 0.6 is 0 Å². The van der Waals surface area contributed by atoms with Gasteiger partial charge < -0.3 is 0 Å². The third kappa shape index (κ3) is 1.71. The van der Waals surface area contributed by atoms with E-state index in [1.807, 2.05) is 0 Å². The van der Waals surface area contributed by atoms with Crippen LogP contribution in [0.5, 0.6) is 0 Å². The number of hydrogen-bond acceptors (Lipinski definition) is 4. The van der Waals surface area contributed by atoms with Gasteiger partial charge in [-0.1, -0.05) is 12.2 Å². The van der Waals surface area contributed by atoms with Gasteiger partial charge in [0.25, 0.3) is 11.8 Å². The quantitative estimate of drug-likeness (QED) is 0.662. The summed E-state index contributed by atoms with van der Waals surface area (Å²) >= 11 is 0. The molecule has 1 N–H and O–H groups in total. The minimum Gasteiger partial charge on any atom is -0.295 e. The SMILES string of the molecule is O=C1CC[C@H](N2C(=O)C3=CCCC=C3C2=O)C(=O)N1. The molecule has 19 heavy (non-hydrogen) atoms. The standard InChI is InChI=1S/C13H12N2O4/c16-10-6-5-9(11(17)14-10)15-12(18)7-3-1-2-4-8(7)13(15)19/h3-4,9H,1-2,5-6H2,(H,14,16,17)/t9-/m0/s1. The number of likely N-dealkylation sites (tertiary alicyclic amines) is 1. The second-order valence-electron chi connectivity index (χ2n) is 4.76. The molecule has 98 valence electrons. The molecule has 3 aliphatic rings. The molecule has 0 spiro atoms. The Balaban J connectivity index is 1.93. The van der Waals surface area contributed by atoms with Gasteiger partial charge in [0.15, 0.2) is 0 Å². The van der Waals surface area contributed by atoms with Crippen LogP contribution in [-0.4, -0.2) is 34.6 Å². The van der Waals surface area contributed by atoms with Crippen molar-refractivity contribution in [1.29, 1.82) is 0 Å². The lowest BCUT2D eigenvalue weighted by Crippen LogP contribution is -2.54. The van der Waals surface area contributed by atoms with E-state index in [1.165, 1.54) is 0 Å². The third-order valence-electron chi connectivity index (χ3n) is 3.57. The van der Waals surface area contributed by atoms with Crippen molar-refractivity contribution in [3.63, 3.8) is 0 Å². The molecule has 0 aromatic rings. The Kier molecular flexibility index (Phi) is 2.58. The summed E-state index contributed by atoms with van der Waals surface area (Å²) < 4.78 is 0. The number of nitrogens with zero attached hydrogens (tertiary/aromatic N) is 1. The summed E-state index contributed by atoms with van der Waals surface area (Å²) in [4.78, 5) is 48.3. The van der Waals surface area contributed by atoms with E-state index < -0.39 is 23.8 Å². The summed E-state index contributed by atoms with van der Waals surface area (Å²) in [6, 6.07) is -0.870. The molecular formula is C13H12N2O4. The smallest absolute Gasteiger partial charge is 0.261 e. The zero-order valence-electron chi connectivity index (χ0n) is 10.1. The summed E-state index contributed by atoms with van der Waals surface area (Å²) in [6.07, 6.45) is 5.26. The van der Waals surface area contributed by atoms with E-state index in [9.17, 15) is 19.2 Å². The van der Waals surface area contributed by atoms with Gasteiger partial charge in [-0.05, 0) is 19.3 Å². The Morgan fingerprint density at radius 1 is 1.00 bits per heavy atom. The average Bonchev–Trinajstić information content (AvgIpc) is 2.64. The van der Waals surface area contributed by atoms with E-state index in [2.05, 4.69) is 5.32 Å². The highest BCUT2D eigenvalue weighted by atomic mass is 16.2. The summed E-state index contributed by atoms with van der Waals surface area (Å²) in [7, 11) is 0. The van der Waals surface area contributed by atoms with E-state index in [0.717, 1.165) is 17.7 Å². The summed E-state index contributed by atoms with van der Waals surface area (Å²) in [6.45, 7) is 0. The zero-order valence-corrected chi connectivity index (χ0v) is 10.1. The van der Waals surface area contributed by atoms with Crippen molar-refractivity contribution in [2.24, 2.45) is 0 Å². The monoisotopic (exact) mass is 260 g/mol. The molecule has 2 saturated heterocycles. The van der Waals surface area contributed by atoms with Crippen LogP contribution in [0.1, 0.15) is 25.7 Å². The van der Waals surface area contributed by atoms with Gasteiger partial charge in [0, 0.05) is 17.6 Å². The van der Waals surface area contributed by atoms with Crippen LogP contribution < -0.4 is 5.32 Å². The number of amides is 4. The predicted molar refractivity (Wildman–Crippen MR) is 63.4 cm³/mol. The summed E-state index contributed by atoms with van der Waals surface area (Å²) in [5.41, 5.74) is 0.780. The fraction of sp³-hybridized carbons (Fsp3) is 0.385. The first-order valence-electron chi connectivity index (χ1n) is 6.22. The Morgan fingerprint density at radius 3 is 2.11 bits per heavy atom. The number of allylic oxidation sites excluding steroid dienone is 2. The number of carbonyl (C=O) groups excluding carboxylic acids is 4. The lowest BCUT2D eigenvalue weighted by molar-refractivity contribution is -0.149. The second kappa shape index (κ2) is 4.15. The minimum absolute atomic E-state index is 0.144. The van der Waals surface area contributed by atoms with Crippen LogP contribution in [-0.2, 0) is 19.2 Å². The molecule has 0 bridgehead atoms. The van der Waals surface area contributed by atoms with Crippen molar-refractivity contribution in [3.8, 4) is 0 Å². The van der Waals surface area contributed by atoms with Crippen LogP contribution in [0.3, 0.4) is 0 Å². The molecule has 4 amide bonds. The molecule has 1 atom stereocenters. The van der Waals surface area contributed by atoms with Gasteiger partial charge in [0.05, 0.1) is 0 Å². The van der Waals surface area contributed by atoms with Gasteiger partial charge in [0.1, 0.15) is 6.04 Å². The van der Waals surface area contributed by atoms with Crippen LogP contribution in [0.2, 0.25) is 0 Å². The van der Waals surface area contributed by atoms with Crippen molar-refractivity contribution >= 4 is 23.6 Å². The first kappa shape index (κ1) is 11.8. The lowest BCUT2D eigenvalue weighted by atomic mass is 10.0. The second-order valence-corrected chi connectivity index (χ2v) is 4.76. The fourth-order valence-corrected chi connectivity index (χ4v) is 2.64. The Labute approximate surface area is 109 Å². The van der Waals surface area contributed by atoms with Crippen molar-refractivity contribution in [2.75, 3.05) is 0 Å². The molecule has 3 rings (SSSR count). The van der Waals surface area contributed by atoms with E-state index in [4.69, 9.17) is 0 Å². The average molecular weight is 260 g/mol. The summed E-state index contributed by atoms with van der Waals surface area (Å²) in [5, 5.41) is 2.17. The maximum atomic E-state index is 12.2. The van der Waals surface area contributed by atoms with Crippen LogP contribution in [0.15, 0.2) is 23.3 Å². The van der Waals surface area contributed by atoms with Gasteiger partial charge in [-0.3, -0.25) is 29.4 Å². The van der Waals surface area contributed by atoms with Crippen molar-refractivity contribution in [3.05, 3.63) is 23.3 Å². The maximum Gasteiger partial charge on any atom is 0.261 e. The van der Waals surface area contributed by atoms with E-state index in [-0.39, 0.29) is 18.7 Å². The molecule has 6 nitrogen and oxygen atoms in total. The molecule has 2 aliphatic heterocycles. The molecule has 6 heteroatoms. The molecule has 0 aromatic carbocycles. The molecule has 0 saturated carbocycles. The fourth-order valence-electron chi connectivity index (χ4n) is 2.64. The largest absolute Gasteiger partial charge is 0.295 e. The van der Waals surface area contributed by atoms with Gasteiger partial charge in [-0.25, -0.2) is 0 Å². The molecule has 0 unspecified atom stereocenters. The van der Waals surface area contributed by atoms with Crippen molar-refractivity contribution in [1.82, 2.24) is 10.2 Å². The topological polar surface area (TPSA) is 83.6 Å². The third-order valence-corrected chi connectivity index (χ3v) is 3.57. The normalized spacial score (nSPS) is 26.9. The Morgan fingerprint density at radius 2 is 1.58 bits per heavy atom. The number of hydrogen-bond donors (Lipinski definition) is 1. The highest BCUT2D eigenvalue weighted by Gasteiger charge is 2.46. The number of rotatable bonds is 1. The summed E-state index contributed by atoms with van der Waals surface area (Å²) in [5.74, 6) is -1.79. The van der Waals surface area contributed by atoms with E-state index in [1.54, 1.807) is 12.2 Å². The van der Waals surface area contributed by atoms with Gasteiger partial charge in [0.2, 0.25) is 11.8 Å². The lowest BCUT2D eigenvalue weighted by Gasteiger charge is -2.27. The number of carbonyl (C=O) groups is 4. The molecule has 2 fully saturated rings. The molecule has 0 aromatic heterocycles. The van der Waals surface area contributed by atoms with Gasteiger partial charge in [-0.15, -0.1) is 0 Å². The molecule has 2 heterocycles. The molecule has 1 aliphatic carbocycles. The highest BCUT2D eigenvalue weighted by Crippen LogP contribution is 2.32. The molecular weight excluding hydrogens is 248 g/mol. The number of nitrogens with one attached hydrogen (secondary N) is 1. The van der Waals surface area contributed by atoms with E-state index in [0.29, 0.717) is 11.1 Å². The van der Waals surface area contributed by atoms with Gasteiger partial charge in [-0.2, -0.15) is 0 Å².